The highest BCUT2D eigenvalue weighted by atomic mass is 19.1. The van der Waals surface area contributed by atoms with Crippen molar-refractivity contribution in [2.75, 3.05) is 20.3 Å². The number of nitrogens with one attached hydrogen (secondary N) is 1. The number of hydrogen-bond donors (Lipinski definition) is 1. The van der Waals surface area contributed by atoms with Gasteiger partial charge in [0, 0.05) is 6.54 Å². The molecule has 0 heterocycles. The molecule has 0 saturated heterocycles. The molecule has 0 aromatic heterocycles. The van der Waals surface area contributed by atoms with Crippen LogP contribution in [0.4, 0.5) is 4.39 Å². The smallest absolute Gasteiger partial charge is 0.257 e. The highest BCUT2D eigenvalue weighted by Crippen LogP contribution is 2.19. The maximum absolute atomic E-state index is 13.2. The van der Waals surface area contributed by atoms with E-state index in [1.807, 2.05) is 18.2 Å². The summed E-state index contributed by atoms with van der Waals surface area (Å²) in [6.45, 7) is 0.334. The van der Waals surface area contributed by atoms with E-state index in [4.69, 9.17) is 9.47 Å². The summed E-state index contributed by atoms with van der Waals surface area (Å²) in [4.78, 5) is 11.7. The van der Waals surface area contributed by atoms with E-state index in [0.717, 1.165) is 0 Å². The molecule has 5 heteroatoms. The van der Waals surface area contributed by atoms with Crippen LogP contribution >= 0.6 is 0 Å². The number of methoxy groups -OCH3 is 1. The van der Waals surface area contributed by atoms with Gasteiger partial charge in [-0.15, -0.1) is 0 Å². The minimum Gasteiger partial charge on any atom is -0.496 e. The van der Waals surface area contributed by atoms with Crippen LogP contribution in [0.2, 0.25) is 0 Å². The Morgan fingerprint density at radius 2 is 1.95 bits per heavy atom. The van der Waals surface area contributed by atoms with Crippen molar-refractivity contribution in [1.82, 2.24) is 5.32 Å². The van der Waals surface area contributed by atoms with Crippen molar-refractivity contribution in [3.05, 3.63) is 59.9 Å². The van der Waals surface area contributed by atoms with Gasteiger partial charge in [-0.1, -0.05) is 18.2 Å². The molecule has 2 aromatic carbocycles. The van der Waals surface area contributed by atoms with Crippen molar-refractivity contribution >= 4 is 5.91 Å². The van der Waals surface area contributed by atoms with Crippen LogP contribution in [-0.4, -0.2) is 26.2 Å². The van der Waals surface area contributed by atoms with E-state index in [0.29, 0.717) is 30.0 Å². The summed E-state index contributed by atoms with van der Waals surface area (Å²) in [7, 11) is 1.53. The fraction of sp³-hybridized carbons (Fsp3) is 0.235. The van der Waals surface area contributed by atoms with E-state index in [1.165, 1.54) is 19.2 Å². The molecular formula is C17H18FNO3. The number of halogens is 1. The molecule has 0 saturated carbocycles. The van der Waals surface area contributed by atoms with E-state index in [-0.39, 0.29) is 18.3 Å². The lowest BCUT2D eigenvalue weighted by Crippen LogP contribution is -2.30. The van der Waals surface area contributed by atoms with Crippen LogP contribution in [0.15, 0.2) is 48.5 Å². The number of carbonyl (C=O) groups is 1. The Morgan fingerprint density at radius 3 is 2.68 bits per heavy atom. The quantitative estimate of drug-likeness (QED) is 0.855. The average Bonchev–Trinajstić information content (AvgIpc) is 2.54. The number of ether oxygens (including phenoxy) is 2. The number of benzene rings is 2. The number of hydrogen-bond acceptors (Lipinski definition) is 3. The third kappa shape index (κ3) is 4.77. The molecule has 116 valence electrons. The zero-order valence-electron chi connectivity index (χ0n) is 12.3. The molecule has 1 N–H and O–H groups in total. The first kappa shape index (κ1) is 15.8. The molecule has 0 unspecified atom stereocenters. The van der Waals surface area contributed by atoms with Gasteiger partial charge in [-0.2, -0.15) is 0 Å². The first-order valence-corrected chi connectivity index (χ1v) is 6.96. The average molecular weight is 303 g/mol. The summed E-state index contributed by atoms with van der Waals surface area (Å²) in [6, 6.07) is 13.4. The van der Waals surface area contributed by atoms with Crippen LogP contribution < -0.4 is 14.8 Å². The molecular weight excluding hydrogens is 285 g/mol. The minimum absolute atomic E-state index is 0.0513. The van der Waals surface area contributed by atoms with Gasteiger partial charge in [0.1, 0.15) is 17.3 Å². The van der Waals surface area contributed by atoms with Crippen molar-refractivity contribution in [2.24, 2.45) is 0 Å². The molecule has 0 aliphatic heterocycles. The van der Waals surface area contributed by atoms with Gasteiger partial charge < -0.3 is 14.8 Å². The van der Waals surface area contributed by atoms with Gasteiger partial charge in [0.15, 0.2) is 6.61 Å². The summed E-state index contributed by atoms with van der Waals surface area (Å²) < 4.78 is 23.7. The maximum Gasteiger partial charge on any atom is 0.257 e. The van der Waals surface area contributed by atoms with Gasteiger partial charge in [0.05, 0.1) is 7.11 Å². The molecule has 0 bridgehead atoms. The predicted octanol–water partition coefficient (Wildman–Crippen LogP) is 2.57. The number of rotatable bonds is 7. The molecule has 4 nitrogen and oxygen atoms in total. The van der Waals surface area contributed by atoms with Crippen LogP contribution in [0.1, 0.15) is 5.56 Å². The molecule has 2 aromatic rings. The second kappa shape index (κ2) is 8.02. The van der Waals surface area contributed by atoms with E-state index in [1.54, 1.807) is 18.2 Å². The Kier molecular flexibility index (Phi) is 5.77. The second-order valence-corrected chi connectivity index (χ2v) is 4.66. The van der Waals surface area contributed by atoms with Crippen LogP contribution in [0.25, 0.3) is 0 Å². The summed E-state index contributed by atoms with van der Waals surface area (Å²) in [5, 5.41) is 2.73. The van der Waals surface area contributed by atoms with Crippen molar-refractivity contribution in [2.45, 2.75) is 6.42 Å². The summed E-state index contributed by atoms with van der Waals surface area (Å²) in [6.07, 6.45) is 0.484. The lowest BCUT2D eigenvalue weighted by molar-refractivity contribution is -0.123. The van der Waals surface area contributed by atoms with E-state index < -0.39 is 0 Å². The summed E-state index contributed by atoms with van der Waals surface area (Å²) in [5.74, 6) is 0.703. The lowest BCUT2D eigenvalue weighted by Gasteiger charge is -2.10. The number of carbonyl (C=O) groups excluding carboxylic acids is 1. The molecule has 0 spiro atoms. The zero-order valence-corrected chi connectivity index (χ0v) is 12.3. The molecule has 1 amide bonds. The summed E-state index contributed by atoms with van der Waals surface area (Å²) >= 11 is 0. The minimum atomic E-state index is -0.325. The van der Waals surface area contributed by atoms with Gasteiger partial charge in [0.2, 0.25) is 0 Å². The number of amides is 1. The second-order valence-electron chi connectivity index (χ2n) is 4.66. The van der Waals surface area contributed by atoms with Gasteiger partial charge >= 0.3 is 0 Å². The van der Waals surface area contributed by atoms with Crippen LogP contribution in [0.3, 0.4) is 0 Å². The van der Waals surface area contributed by atoms with Crippen LogP contribution in [0, 0.1) is 5.82 Å². The molecule has 0 atom stereocenters. The van der Waals surface area contributed by atoms with E-state index >= 15 is 0 Å². The Morgan fingerprint density at radius 1 is 1.18 bits per heavy atom. The van der Waals surface area contributed by atoms with Gasteiger partial charge in [-0.05, 0) is 42.3 Å². The molecule has 0 aliphatic carbocycles. The largest absolute Gasteiger partial charge is 0.496 e. The Bertz CT molecular complexity index is 617. The lowest BCUT2D eigenvalue weighted by atomic mass is 10.1. The topological polar surface area (TPSA) is 47.6 Å². The molecule has 2 rings (SSSR count). The third-order valence-electron chi connectivity index (χ3n) is 3.07. The van der Waals surface area contributed by atoms with Crippen LogP contribution in [-0.2, 0) is 11.2 Å². The summed E-state index contributed by atoms with van der Waals surface area (Å²) in [5.41, 5.74) is 0.715. The van der Waals surface area contributed by atoms with E-state index in [2.05, 4.69) is 5.32 Å². The third-order valence-corrected chi connectivity index (χ3v) is 3.07. The van der Waals surface area contributed by atoms with Gasteiger partial charge in [0.25, 0.3) is 5.91 Å². The van der Waals surface area contributed by atoms with Crippen molar-refractivity contribution < 1.29 is 18.7 Å². The fourth-order valence-corrected chi connectivity index (χ4v) is 2.00. The molecule has 0 fully saturated rings. The SMILES string of the molecule is COc1ccc(F)cc1CCNC(=O)COc1ccccc1. The first-order chi connectivity index (χ1) is 10.7. The predicted molar refractivity (Wildman–Crippen MR) is 81.6 cm³/mol. The normalized spacial score (nSPS) is 10.1. The molecule has 0 aliphatic rings. The van der Waals surface area contributed by atoms with Gasteiger partial charge in [-0.3, -0.25) is 4.79 Å². The first-order valence-electron chi connectivity index (χ1n) is 6.96. The van der Waals surface area contributed by atoms with Crippen LogP contribution in [0.5, 0.6) is 11.5 Å². The van der Waals surface area contributed by atoms with Crippen molar-refractivity contribution in [1.29, 1.82) is 0 Å². The zero-order chi connectivity index (χ0) is 15.8. The number of para-hydroxylation sites is 1. The maximum atomic E-state index is 13.2. The van der Waals surface area contributed by atoms with Crippen molar-refractivity contribution in [3.8, 4) is 11.5 Å². The standard InChI is InChI=1S/C17H18FNO3/c1-21-16-8-7-14(18)11-13(16)9-10-19-17(20)12-22-15-5-3-2-4-6-15/h2-8,11H,9-10,12H2,1H3,(H,19,20). The van der Waals surface area contributed by atoms with E-state index in [9.17, 15) is 9.18 Å². The molecule has 22 heavy (non-hydrogen) atoms. The Hall–Kier alpha value is -2.56. The Balaban J connectivity index is 1.76. The Labute approximate surface area is 128 Å². The molecule has 0 radical (unpaired) electrons. The monoisotopic (exact) mass is 303 g/mol. The van der Waals surface area contributed by atoms with Crippen molar-refractivity contribution in [3.63, 3.8) is 0 Å². The fourth-order valence-electron chi connectivity index (χ4n) is 2.00. The van der Waals surface area contributed by atoms with Gasteiger partial charge in [-0.25, -0.2) is 4.39 Å². The highest BCUT2D eigenvalue weighted by Gasteiger charge is 2.06. The highest BCUT2D eigenvalue weighted by molar-refractivity contribution is 5.77.